The van der Waals surface area contributed by atoms with Crippen LogP contribution in [-0.4, -0.2) is 15.1 Å². The summed E-state index contributed by atoms with van der Waals surface area (Å²) >= 11 is 0. The lowest BCUT2D eigenvalue weighted by atomic mass is 9.98. The van der Waals surface area contributed by atoms with Gasteiger partial charge in [0.2, 0.25) is 0 Å². The van der Waals surface area contributed by atoms with E-state index in [1.807, 2.05) is 103 Å². The van der Waals surface area contributed by atoms with Gasteiger partial charge < -0.3 is 23.3 Å². The number of carbonyl (C=O) groups excluding carboxylic acids is 1. The van der Waals surface area contributed by atoms with Crippen LogP contribution >= 0.6 is 0 Å². The van der Waals surface area contributed by atoms with E-state index in [9.17, 15) is 4.79 Å². The van der Waals surface area contributed by atoms with E-state index in [4.69, 9.17) is 14.2 Å². The molecule has 0 amide bonds. The van der Waals surface area contributed by atoms with Crippen molar-refractivity contribution >= 4 is 61.7 Å². The minimum Gasteiger partial charge on any atom is -0.489 e. The molecule has 0 spiro atoms. The minimum absolute atomic E-state index is 0.158. The number of hydrogen-bond donors (Lipinski definition) is 0. The predicted octanol–water partition coefficient (Wildman–Crippen LogP) is 15.3. The maximum atomic E-state index is 14.4. The maximum absolute atomic E-state index is 14.4. The van der Waals surface area contributed by atoms with Crippen molar-refractivity contribution < 1.29 is 19.0 Å². The topological polar surface area (TPSA) is 54.6 Å². The van der Waals surface area contributed by atoms with Gasteiger partial charge in [0.25, 0.3) is 0 Å². The third-order valence-electron chi connectivity index (χ3n) is 12.6. The van der Waals surface area contributed by atoms with Crippen LogP contribution in [0.15, 0.2) is 219 Å². The average molecular weight is 883 g/mol. The standard InChI is InChI=1S/C62H46N2O4/c1-3-42-18-29-50(30-19-42)66-40-45-22-34-60-55(36-45)53-14-8-10-16-58(53)63(60)48-26-24-47(25-27-48)52-33-28-49(38-57(52)62(65)68-39-44-12-6-5-7-13-44)64-59-17-11-9-15-54(59)56-37-46(23-35-61(56)64)41-67-51-31-20-43(4-2)21-32-51/h3-38H,1-2,39-41H2. The van der Waals surface area contributed by atoms with Crippen LogP contribution in [0.5, 0.6) is 11.5 Å². The summed E-state index contributed by atoms with van der Waals surface area (Å²) < 4.78 is 23.0. The SMILES string of the molecule is C=Cc1ccc(OCc2ccc3c(c2)c2ccccc2n3-c2ccc(-c3ccc(-n4c5ccccc5c5cc(COc6ccc(C=C)cc6)ccc54)cc3C(=O)OCc3ccccc3)cc2)cc1. The highest BCUT2D eigenvalue weighted by atomic mass is 16.5. The molecule has 6 heteroatoms. The van der Waals surface area contributed by atoms with Gasteiger partial charge in [0, 0.05) is 32.9 Å². The average Bonchev–Trinajstić information content (AvgIpc) is 3.91. The lowest BCUT2D eigenvalue weighted by Crippen LogP contribution is -2.08. The number of fused-ring (bicyclic) bond motifs is 6. The van der Waals surface area contributed by atoms with Crippen molar-refractivity contribution in [3.8, 4) is 34.0 Å². The number of nitrogens with zero attached hydrogens (tertiary/aromatic N) is 2. The zero-order chi connectivity index (χ0) is 46.0. The second-order valence-electron chi connectivity index (χ2n) is 16.9. The van der Waals surface area contributed by atoms with E-state index in [0.29, 0.717) is 18.8 Å². The Labute approximate surface area is 394 Å². The Kier molecular flexibility index (Phi) is 11.2. The Morgan fingerprint density at radius 2 is 0.912 bits per heavy atom. The van der Waals surface area contributed by atoms with Crippen molar-refractivity contribution in [3.05, 3.63) is 253 Å². The first-order valence-corrected chi connectivity index (χ1v) is 22.7. The smallest absolute Gasteiger partial charge is 0.339 e. The number of esters is 1. The van der Waals surface area contributed by atoms with Crippen molar-refractivity contribution in [1.29, 1.82) is 0 Å². The Balaban J connectivity index is 0.943. The fraction of sp³-hybridized carbons (Fsp3) is 0.0484. The van der Waals surface area contributed by atoms with Crippen LogP contribution in [0.3, 0.4) is 0 Å². The Hall–Kier alpha value is -8.87. The Morgan fingerprint density at radius 1 is 0.426 bits per heavy atom. The molecule has 11 rings (SSSR count). The quantitative estimate of drug-likeness (QED) is 0.102. The molecular weight excluding hydrogens is 837 g/mol. The third kappa shape index (κ3) is 8.09. The molecule has 0 atom stereocenters. The van der Waals surface area contributed by atoms with Crippen molar-refractivity contribution in [1.82, 2.24) is 9.13 Å². The number of rotatable bonds is 14. The molecule has 6 nitrogen and oxygen atoms in total. The normalized spacial score (nSPS) is 11.3. The Bertz CT molecular complexity index is 3660. The number of para-hydroxylation sites is 2. The van der Waals surface area contributed by atoms with Crippen LogP contribution in [0.4, 0.5) is 0 Å². The maximum Gasteiger partial charge on any atom is 0.339 e. The summed E-state index contributed by atoms with van der Waals surface area (Å²) in [5.74, 6) is 1.22. The number of hydrogen-bond acceptors (Lipinski definition) is 4. The molecule has 0 N–H and O–H groups in total. The largest absolute Gasteiger partial charge is 0.489 e. The molecule has 9 aromatic carbocycles. The van der Waals surface area contributed by atoms with Crippen molar-refractivity contribution in [2.24, 2.45) is 0 Å². The van der Waals surface area contributed by atoms with Gasteiger partial charge in [-0.2, -0.15) is 0 Å². The van der Waals surface area contributed by atoms with E-state index in [0.717, 1.165) is 105 Å². The fourth-order valence-electron chi connectivity index (χ4n) is 9.19. The summed E-state index contributed by atoms with van der Waals surface area (Å²) in [5, 5.41) is 4.52. The first-order chi connectivity index (χ1) is 33.5. The van der Waals surface area contributed by atoms with Gasteiger partial charge in [0.1, 0.15) is 31.3 Å². The Morgan fingerprint density at radius 3 is 1.46 bits per heavy atom. The van der Waals surface area contributed by atoms with E-state index in [1.165, 1.54) is 0 Å². The van der Waals surface area contributed by atoms with Crippen LogP contribution < -0.4 is 9.47 Å². The highest BCUT2D eigenvalue weighted by Gasteiger charge is 2.20. The highest BCUT2D eigenvalue weighted by molar-refractivity contribution is 6.11. The number of carbonyl (C=O) groups is 1. The van der Waals surface area contributed by atoms with E-state index in [2.05, 4.69) is 138 Å². The second kappa shape index (κ2) is 18.2. The number of aromatic nitrogens is 2. The molecule has 0 radical (unpaired) electrons. The molecule has 0 aliphatic rings. The molecule has 0 saturated heterocycles. The van der Waals surface area contributed by atoms with E-state index in [-0.39, 0.29) is 6.61 Å². The fourth-order valence-corrected chi connectivity index (χ4v) is 9.19. The number of ether oxygens (including phenoxy) is 3. The molecule has 68 heavy (non-hydrogen) atoms. The van der Waals surface area contributed by atoms with Gasteiger partial charge in [0.15, 0.2) is 0 Å². The molecule has 328 valence electrons. The molecule has 11 aromatic rings. The molecule has 2 heterocycles. The van der Waals surface area contributed by atoms with Gasteiger partial charge in [-0.25, -0.2) is 4.79 Å². The van der Waals surface area contributed by atoms with Crippen LogP contribution in [-0.2, 0) is 24.6 Å². The molecule has 0 fully saturated rings. The third-order valence-corrected chi connectivity index (χ3v) is 12.6. The second-order valence-corrected chi connectivity index (χ2v) is 16.9. The lowest BCUT2D eigenvalue weighted by molar-refractivity contribution is 0.0473. The van der Waals surface area contributed by atoms with Crippen molar-refractivity contribution in [3.63, 3.8) is 0 Å². The van der Waals surface area contributed by atoms with Crippen molar-refractivity contribution in [2.45, 2.75) is 19.8 Å². The zero-order valence-electron chi connectivity index (χ0n) is 37.3. The predicted molar refractivity (Wildman–Crippen MR) is 278 cm³/mol. The lowest BCUT2D eigenvalue weighted by Gasteiger charge is -2.15. The molecule has 0 aliphatic heterocycles. The highest BCUT2D eigenvalue weighted by Crippen LogP contribution is 2.37. The summed E-state index contributed by atoms with van der Waals surface area (Å²) in [4.78, 5) is 14.4. The first kappa shape index (κ1) is 41.8. The summed E-state index contributed by atoms with van der Waals surface area (Å²) in [5.41, 5.74) is 13.4. The van der Waals surface area contributed by atoms with E-state index < -0.39 is 5.97 Å². The summed E-state index contributed by atoms with van der Waals surface area (Å²) in [6.45, 7) is 8.74. The summed E-state index contributed by atoms with van der Waals surface area (Å²) in [6.07, 6.45) is 3.65. The van der Waals surface area contributed by atoms with Gasteiger partial charge >= 0.3 is 5.97 Å². The minimum atomic E-state index is -0.396. The van der Waals surface area contributed by atoms with Crippen LogP contribution in [0.1, 0.15) is 38.2 Å². The number of benzene rings is 9. The molecule has 2 aromatic heterocycles. The van der Waals surface area contributed by atoms with Gasteiger partial charge in [-0.1, -0.05) is 147 Å². The van der Waals surface area contributed by atoms with E-state index in [1.54, 1.807) is 0 Å². The van der Waals surface area contributed by atoms with Crippen LogP contribution in [0.25, 0.3) is 78.3 Å². The van der Waals surface area contributed by atoms with Gasteiger partial charge in [0.05, 0.1) is 27.6 Å². The van der Waals surface area contributed by atoms with Gasteiger partial charge in [-0.05, 0) is 124 Å². The van der Waals surface area contributed by atoms with Gasteiger partial charge in [-0.15, -0.1) is 0 Å². The molecule has 0 saturated carbocycles. The summed E-state index contributed by atoms with van der Waals surface area (Å²) in [7, 11) is 0. The van der Waals surface area contributed by atoms with Crippen molar-refractivity contribution in [2.75, 3.05) is 0 Å². The van der Waals surface area contributed by atoms with Gasteiger partial charge in [-0.3, -0.25) is 0 Å². The monoisotopic (exact) mass is 882 g/mol. The molecular formula is C62H46N2O4. The van der Waals surface area contributed by atoms with Crippen LogP contribution in [0.2, 0.25) is 0 Å². The van der Waals surface area contributed by atoms with Crippen LogP contribution in [0, 0.1) is 0 Å². The first-order valence-electron chi connectivity index (χ1n) is 22.7. The molecule has 0 aliphatic carbocycles. The molecule has 0 unspecified atom stereocenters. The zero-order valence-corrected chi connectivity index (χ0v) is 37.3. The van der Waals surface area contributed by atoms with E-state index >= 15 is 0 Å². The molecule has 0 bridgehead atoms. The summed E-state index contributed by atoms with van der Waals surface area (Å²) in [6, 6.07) is 70.1.